The van der Waals surface area contributed by atoms with Crippen molar-refractivity contribution in [3.05, 3.63) is 72.4 Å². The number of rotatable bonds is 5. The lowest BCUT2D eigenvalue weighted by molar-refractivity contribution is 0.414. The average Bonchev–Trinajstić information content (AvgIpc) is 3.12. The zero-order chi connectivity index (χ0) is 18.9. The average molecular weight is 381 g/mol. The molecule has 0 fully saturated rings. The van der Waals surface area contributed by atoms with Crippen molar-refractivity contribution >= 4 is 27.2 Å². The van der Waals surface area contributed by atoms with Crippen molar-refractivity contribution in [2.24, 2.45) is 0 Å². The van der Waals surface area contributed by atoms with Gasteiger partial charge in [0.1, 0.15) is 11.6 Å². The Balaban J connectivity index is 1.52. The van der Waals surface area contributed by atoms with E-state index in [1.807, 2.05) is 18.2 Å². The number of pyridine rings is 1. The highest BCUT2D eigenvalue weighted by Crippen LogP contribution is 2.34. The van der Waals surface area contributed by atoms with Crippen molar-refractivity contribution in [1.82, 2.24) is 4.98 Å². The van der Waals surface area contributed by atoms with Crippen LogP contribution in [-0.2, 0) is 16.4 Å². The molecule has 0 saturated heterocycles. The fourth-order valence-corrected chi connectivity index (χ4v) is 4.17. The summed E-state index contributed by atoms with van der Waals surface area (Å²) in [5.41, 5.74) is 3.42. The van der Waals surface area contributed by atoms with Crippen LogP contribution in [0.15, 0.2) is 71.8 Å². The highest BCUT2D eigenvalue weighted by molar-refractivity contribution is 7.92. The van der Waals surface area contributed by atoms with E-state index in [4.69, 9.17) is 4.74 Å². The van der Waals surface area contributed by atoms with E-state index in [1.54, 1.807) is 24.4 Å². The molecule has 1 aliphatic heterocycles. The largest absolute Gasteiger partial charge is 0.497 e. The predicted molar refractivity (Wildman–Crippen MR) is 105 cm³/mol. The molecule has 0 aliphatic carbocycles. The molecule has 0 atom stereocenters. The van der Waals surface area contributed by atoms with Gasteiger partial charge in [0.2, 0.25) is 0 Å². The van der Waals surface area contributed by atoms with E-state index in [-0.39, 0.29) is 10.7 Å². The molecule has 0 bridgehead atoms. The van der Waals surface area contributed by atoms with E-state index in [1.165, 1.54) is 30.5 Å². The molecular weight excluding hydrogens is 362 g/mol. The Hall–Kier alpha value is -3.06. The first-order valence-corrected chi connectivity index (χ1v) is 10.0. The zero-order valence-corrected chi connectivity index (χ0v) is 15.6. The Bertz CT molecular complexity index is 1050. The van der Waals surface area contributed by atoms with Gasteiger partial charge in [0.15, 0.2) is 0 Å². The molecule has 1 N–H and O–H groups in total. The lowest BCUT2D eigenvalue weighted by Gasteiger charge is -2.19. The third kappa shape index (κ3) is 3.46. The Morgan fingerprint density at radius 2 is 1.81 bits per heavy atom. The molecule has 0 unspecified atom stereocenters. The van der Waals surface area contributed by atoms with Crippen molar-refractivity contribution in [2.45, 2.75) is 11.3 Å². The molecule has 1 aromatic heterocycles. The normalized spacial score (nSPS) is 13.3. The first-order valence-electron chi connectivity index (χ1n) is 8.55. The van der Waals surface area contributed by atoms with Crippen molar-refractivity contribution in [1.29, 1.82) is 0 Å². The number of methoxy groups -OCH3 is 1. The van der Waals surface area contributed by atoms with Crippen LogP contribution in [0.4, 0.5) is 17.2 Å². The summed E-state index contributed by atoms with van der Waals surface area (Å²) in [5.74, 6) is 0.879. The third-order valence-corrected chi connectivity index (χ3v) is 5.93. The van der Waals surface area contributed by atoms with Crippen LogP contribution >= 0.6 is 0 Å². The standard InChI is InChI=1S/C20H19N3O3S/c1-26-17-7-9-18(10-8-17)27(24,25)22-20-11-6-16(14-21-20)23-13-12-15-4-2-3-5-19(15)23/h2-11,14H,12-13H2,1H3,(H,21,22). The third-order valence-electron chi connectivity index (χ3n) is 4.56. The van der Waals surface area contributed by atoms with E-state index in [2.05, 4.69) is 26.7 Å². The molecule has 27 heavy (non-hydrogen) atoms. The van der Waals surface area contributed by atoms with Gasteiger partial charge < -0.3 is 9.64 Å². The number of ether oxygens (including phenoxy) is 1. The van der Waals surface area contributed by atoms with E-state index >= 15 is 0 Å². The quantitative estimate of drug-likeness (QED) is 0.731. The molecule has 4 rings (SSSR count). The van der Waals surface area contributed by atoms with Gasteiger partial charge in [-0.05, 0) is 54.4 Å². The smallest absolute Gasteiger partial charge is 0.263 e. The van der Waals surface area contributed by atoms with E-state index in [0.29, 0.717) is 5.75 Å². The van der Waals surface area contributed by atoms with Crippen LogP contribution in [0.3, 0.4) is 0 Å². The van der Waals surface area contributed by atoms with E-state index in [9.17, 15) is 8.42 Å². The van der Waals surface area contributed by atoms with Gasteiger partial charge in [-0.3, -0.25) is 4.72 Å². The molecule has 7 heteroatoms. The number of benzene rings is 2. The van der Waals surface area contributed by atoms with Crippen LogP contribution in [0, 0.1) is 0 Å². The predicted octanol–water partition coefficient (Wildman–Crippen LogP) is 3.59. The lowest BCUT2D eigenvalue weighted by atomic mass is 10.2. The van der Waals surface area contributed by atoms with Gasteiger partial charge in [0.25, 0.3) is 10.0 Å². The highest BCUT2D eigenvalue weighted by atomic mass is 32.2. The minimum Gasteiger partial charge on any atom is -0.497 e. The molecule has 0 radical (unpaired) electrons. The van der Waals surface area contributed by atoms with Crippen LogP contribution < -0.4 is 14.4 Å². The number of nitrogens with zero attached hydrogens (tertiary/aromatic N) is 2. The molecule has 0 amide bonds. The topological polar surface area (TPSA) is 71.5 Å². The monoisotopic (exact) mass is 381 g/mol. The van der Waals surface area contributed by atoms with Crippen LogP contribution in [0.5, 0.6) is 5.75 Å². The second-order valence-corrected chi connectivity index (χ2v) is 7.90. The minimum atomic E-state index is -3.70. The van der Waals surface area contributed by atoms with Gasteiger partial charge in [-0.25, -0.2) is 13.4 Å². The Labute approximate surface area is 158 Å². The van der Waals surface area contributed by atoms with Gasteiger partial charge in [0, 0.05) is 12.2 Å². The summed E-state index contributed by atoms with van der Waals surface area (Å²) in [5, 5.41) is 0. The number of aromatic nitrogens is 1. The Morgan fingerprint density at radius 1 is 1.04 bits per heavy atom. The number of anilines is 3. The van der Waals surface area contributed by atoms with Gasteiger partial charge in [0.05, 0.1) is 23.9 Å². The fraction of sp³-hybridized carbons (Fsp3) is 0.150. The first-order chi connectivity index (χ1) is 13.1. The maximum atomic E-state index is 12.5. The minimum absolute atomic E-state index is 0.155. The number of sulfonamides is 1. The summed E-state index contributed by atoms with van der Waals surface area (Å²) in [7, 11) is -2.17. The summed E-state index contributed by atoms with van der Waals surface area (Å²) in [6.07, 6.45) is 2.68. The van der Waals surface area contributed by atoms with Crippen LogP contribution in [0.2, 0.25) is 0 Å². The summed E-state index contributed by atoms with van der Waals surface area (Å²) >= 11 is 0. The molecule has 138 valence electrons. The molecule has 2 aromatic carbocycles. The maximum absolute atomic E-state index is 12.5. The van der Waals surface area contributed by atoms with Crippen molar-refractivity contribution < 1.29 is 13.2 Å². The lowest BCUT2D eigenvalue weighted by Crippen LogP contribution is -2.15. The molecule has 1 aliphatic rings. The van der Waals surface area contributed by atoms with Crippen molar-refractivity contribution in [3.63, 3.8) is 0 Å². The van der Waals surface area contributed by atoms with Gasteiger partial charge in [-0.2, -0.15) is 0 Å². The number of para-hydroxylation sites is 1. The van der Waals surface area contributed by atoms with Gasteiger partial charge in [-0.15, -0.1) is 0 Å². The number of hydrogen-bond acceptors (Lipinski definition) is 5. The molecule has 0 saturated carbocycles. The van der Waals surface area contributed by atoms with Crippen LogP contribution in [0.25, 0.3) is 0 Å². The fourth-order valence-electron chi connectivity index (χ4n) is 3.16. The number of nitrogens with one attached hydrogen (secondary N) is 1. The second-order valence-electron chi connectivity index (χ2n) is 6.21. The van der Waals surface area contributed by atoms with Gasteiger partial charge in [-0.1, -0.05) is 18.2 Å². The van der Waals surface area contributed by atoms with Crippen molar-refractivity contribution in [2.75, 3.05) is 23.3 Å². The molecule has 2 heterocycles. The van der Waals surface area contributed by atoms with Crippen molar-refractivity contribution in [3.8, 4) is 5.75 Å². The summed E-state index contributed by atoms with van der Waals surface area (Å²) < 4.78 is 32.6. The summed E-state index contributed by atoms with van der Waals surface area (Å²) in [6.45, 7) is 0.887. The highest BCUT2D eigenvalue weighted by Gasteiger charge is 2.20. The number of fused-ring (bicyclic) bond motifs is 1. The first kappa shape index (κ1) is 17.4. The van der Waals surface area contributed by atoms with Crippen LogP contribution in [-0.4, -0.2) is 27.1 Å². The number of hydrogen-bond donors (Lipinski definition) is 1. The maximum Gasteiger partial charge on any atom is 0.263 e. The second kappa shape index (κ2) is 6.92. The SMILES string of the molecule is COc1ccc(S(=O)(=O)Nc2ccc(N3CCc4ccccc43)cn2)cc1. The zero-order valence-electron chi connectivity index (χ0n) is 14.8. The molecule has 6 nitrogen and oxygen atoms in total. The summed E-state index contributed by atoms with van der Waals surface area (Å²) in [4.78, 5) is 6.62. The van der Waals surface area contributed by atoms with Crippen LogP contribution in [0.1, 0.15) is 5.56 Å². The molecule has 0 spiro atoms. The molecule has 3 aromatic rings. The van der Waals surface area contributed by atoms with Gasteiger partial charge >= 0.3 is 0 Å². The Morgan fingerprint density at radius 3 is 2.52 bits per heavy atom. The summed E-state index contributed by atoms with van der Waals surface area (Å²) in [6, 6.07) is 18.0. The van der Waals surface area contributed by atoms with E-state index in [0.717, 1.165) is 18.7 Å². The van der Waals surface area contributed by atoms with E-state index < -0.39 is 10.0 Å². The Kier molecular flexibility index (Phi) is 4.45. The molecular formula is C20H19N3O3S.